The van der Waals surface area contributed by atoms with Crippen molar-refractivity contribution in [1.82, 2.24) is 14.9 Å². The molecule has 0 aliphatic carbocycles. The summed E-state index contributed by atoms with van der Waals surface area (Å²) in [7, 11) is 0. The molecule has 1 aromatic heterocycles. The minimum absolute atomic E-state index is 0.141. The van der Waals surface area contributed by atoms with Crippen LogP contribution in [-0.2, 0) is 13.1 Å². The van der Waals surface area contributed by atoms with E-state index in [2.05, 4.69) is 17.2 Å². The summed E-state index contributed by atoms with van der Waals surface area (Å²) in [5.41, 5.74) is 6.54. The summed E-state index contributed by atoms with van der Waals surface area (Å²) < 4.78 is 1.40. The third kappa shape index (κ3) is 5.45. The maximum Gasteiger partial charge on any atom is 0.330 e. The predicted octanol–water partition coefficient (Wildman–Crippen LogP) is 2.46. The zero-order valence-corrected chi connectivity index (χ0v) is 17.5. The number of unbranched alkanes of at least 4 members (excludes halogenated alkanes) is 1. The molecule has 0 spiro atoms. The second kappa shape index (κ2) is 10.1. The molecule has 0 amide bonds. The van der Waals surface area contributed by atoms with Gasteiger partial charge in [-0.25, -0.2) is 4.79 Å². The van der Waals surface area contributed by atoms with Crippen molar-refractivity contribution in [2.45, 2.75) is 46.7 Å². The summed E-state index contributed by atoms with van der Waals surface area (Å²) in [5, 5.41) is 3.60. The Morgan fingerprint density at radius 2 is 1.96 bits per heavy atom. The minimum Gasteiger partial charge on any atom is -0.383 e. The second-order valence-electron chi connectivity index (χ2n) is 7.15. The zero-order valence-electron chi connectivity index (χ0n) is 16.7. The molecule has 0 saturated heterocycles. The standard InChI is InChI=1S/C20H29N5O2S/c1-4-5-11-24(20(28)22-12-15-9-7-6-8-10-15)16-17(21)25(13-14(2)3)19(27)23-18(16)26/h6-10,14H,4-5,11-13,21H2,1-3H3,(H,22,28)(H,23,26,27). The summed E-state index contributed by atoms with van der Waals surface area (Å²) in [5.74, 6) is 0.341. The molecule has 2 aromatic rings. The Hall–Kier alpha value is -2.61. The fraction of sp³-hybridized carbons (Fsp3) is 0.450. The van der Waals surface area contributed by atoms with Gasteiger partial charge in [0.2, 0.25) is 0 Å². The average molecular weight is 404 g/mol. The lowest BCUT2D eigenvalue weighted by atomic mass is 10.2. The van der Waals surface area contributed by atoms with Gasteiger partial charge in [0.1, 0.15) is 5.82 Å². The van der Waals surface area contributed by atoms with Crippen LogP contribution in [0.2, 0.25) is 0 Å². The van der Waals surface area contributed by atoms with Crippen LogP contribution in [0.15, 0.2) is 39.9 Å². The van der Waals surface area contributed by atoms with Crippen molar-refractivity contribution in [3.8, 4) is 0 Å². The highest BCUT2D eigenvalue weighted by atomic mass is 32.1. The normalized spacial score (nSPS) is 10.9. The van der Waals surface area contributed by atoms with Crippen LogP contribution in [0.4, 0.5) is 11.5 Å². The summed E-state index contributed by atoms with van der Waals surface area (Å²) >= 11 is 5.57. The van der Waals surface area contributed by atoms with Crippen LogP contribution in [0, 0.1) is 5.92 Å². The Labute approximate surface area is 170 Å². The molecular weight excluding hydrogens is 374 g/mol. The van der Waals surface area contributed by atoms with E-state index in [1.54, 1.807) is 4.90 Å². The van der Waals surface area contributed by atoms with E-state index in [0.717, 1.165) is 18.4 Å². The Balaban J connectivity index is 2.37. The third-order valence-electron chi connectivity index (χ3n) is 4.30. The lowest BCUT2D eigenvalue weighted by Gasteiger charge is -2.27. The van der Waals surface area contributed by atoms with Gasteiger partial charge in [-0.15, -0.1) is 0 Å². The summed E-state index contributed by atoms with van der Waals surface area (Å²) in [6.07, 6.45) is 1.76. The second-order valence-corrected chi connectivity index (χ2v) is 7.53. The molecule has 28 heavy (non-hydrogen) atoms. The smallest absolute Gasteiger partial charge is 0.330 e. The van der Waals surface area contributed by atoms with Crippen molar-refractivity contribution in [2.75, 3.05) is 17.2 Å². The highest BCUT2D eigenvalue weighted by molar-refractivity contribution is 7.80. The summed E-state index contributed by atoms with van der Waals surface area (Å²) in [4.78, 5) is 28.9. The number of rotatable bonds is 8. The highest BCUT2D eigenvalue weighted by Crippen LogP contribution is 2.19. The molecule has 0 radical (unpaired) electrons. The number of nitrogens with one attached hydrogen (secondary N) is 2. The molecule has 2 rings (SSSR count). The van der Waals surface area contributed by atoms with Crippen LogP contribution in [-0.4, -0.2) is 21.2 Å². The van der Waals surface area contributed by atoms with Gasteiger partial charge in [-0.1, -0.05) is 57.5 Å². The topological polar surface area (TPSA) is 96.2 Å². The lowest BCUT2D eigenvalue weighted by molar-refractivity contribution is 0.507. The fourth-order valence-corrected chi connectivity index (χ4v) is 3.14. The van der Waals surface area contributed by atoms with E-state index in [-0.39, 0.29) is 17.4 Å². The molecule has 0 aliphatic heterocycles. The lowest BCUT2D eigenvalue weighted by Crippen LogP contribution is -2.45. The number of hydrogen-bond donors (Lipinski definition) is 3. The molecule has 0 unspecified atom stereocenters. The molecule has 1 aromatic carbocycles. The molecule has 0 aliphatic rings. The molecule has 7 nitrogen and oxygen atoms in total. The first-order chi connectivity index (χ1) is 13.3. The zero-order chi connectivity index (χ0) is 20.7. The SMILES string of the molecule is CCCCN(C(=S)NCc1ccccc1)c1c(N)n(CC(C)C)c(=O)[nH]c1=O. The first kappa shape index (κ1) is 21.7. The van der Waals surface area contributed by atoms with Gasteiger partial charge in [-0.05, 0) is 30.1 Å². The van der Waals surface area contributed by atoms with Crippen molar-refractivity contribution < 1.29 is 0 Å². The van der Waals surface area contributed by atoms with E-state index in [1.165, 1.54) is 4.57 Å². The van der Waals surface area contributed by atoms with Crippen molar-refractivity contribution in [3.05, 3.63) is 56.7 Å². The molecule has 0 saturated carbocycles. The largest absolute Gasteiger partial charge is 0.383 e. The highest BCUT2D eigenvalue weighted by Gasteiger charge is 2.22. The number of anilines is 2. The maximum absolute atomic E-state index is 12.6. The monoisotopic (exact) mass is 403 g/mol. The van der Waals surface area contributed by atoms with Gasteiger partial charge in [0.25, 0.3) is 5.56 Å². The molecule has 0 bridgehead atoms. The van der Waals surface area contributed by atoms with Gasteiger partial charge in [-0.2, -0.15) is 0 Å². The van der Waals surface area contributed by atoms with Crippen molar-refractivity contribution in [3.63, 3.8) is 0 Å². The number of aromatic amines is 1. The van der Waals surface area contributed by atoms with Gasteiger partial charge in [-0.3, -0.25) is 14.3 Å². The number of aromatic nitrogens is 2. The summed E-state index contributed by atoms with van der Waals surface area (Å²) in [6, 6.07) is 9.86. The number of benzene rings is 1. The summed E-state index contributed by atoms with van der Waals surface area (Å²) in [6.45, 7) is 7.51. The number of hydrogen-bond acceptors (Lipinski definition) is 4. The van der Waals surface area contributed by atoms with Crippen LogP contribution < -0.4 is 27.2 Å². The molecule has 0 fully saturated rings. The Morgan fingerprint density at radius 3 is 2.57 bits per heavy atom. The fourth-order valence-electron chi connectivity index (χ4n) is 2.88. The van der Waals surface area contributed by atoms with Crippen LogP contribution in [0.5, 0.6) is 0 Å². The van der Waals surface area contributed by atoms with Gasteiger partial charge in [0.05, 0.1) is 0 Å². The van der Waals surface area contributed by atoms with Crippen molar-refractivity contribution >= 4 is 28.8 Å². The molecule has 8 heteroatoms. The third-order valence-corrected chi connectivity index (χ3v) is 4.66. The van der Waals surface area contributed by atoms with E-state index in [1.807, 2.05) is 44.2 Å². The first-order valence-electron chi connectivity index (χ1n) is 9.57. The predicted molar refractivity (Wildman–Crippen MR) is 119 cm³/mol. The van der Waals surface area contributed by atoms with Crippen molar-refractivity contribution in [2.24, 2.45) is 5.92 Å². The maximum atomic E-state index is 12.6. The Morgan fingerprint density at radius 1 is 1.29 bits per heavy atom. The van der Waals surface area contributed by atoms with Gasteiger partial charge >= 0.3 is 5.69 Å². The van der Waals surface area contributed by atoms with Gasteiger partial charge < -0.3 is 16.0 Å². The number of H-pyrrole nitrogens is 1. The number of thiocarbonyl (C=S) groups is 1. The molecule has 1 heterocycles. The number of nitrogen functional groups attached to an aromatic ring is 1. The number of nitrogens with two attached hydrogens (primary N) is 1. The van der Waals surface area contributed by atoms with E-state index >= 15 is 0 Å². The van der Waals surface area contributed by atoms with Crippen molar-refractivity contribution in [1.29, 1.82) is 0 Å². The molecule has 0 atom stereocenters. The molecule has 152 valence electrons. The van der Waals surface area contributed by atoms with E-state index in [9.17, 15) is 9.59 Å². The van der Waals surface area contributed by atoms with Gasteiger partial charge in [0, 0.05) is 19.6 Å². The van der Waals surface area contributed by atoms with Crippen LogP contribution in [0.3, 0.4) is 0 Å². The molecule has 4 N–H and O–H groups in total. The van der Waals surface area contributed by atoms with Crippen LogP contribution in [0.1, 0.15) is 39.2 Å². The van der Waals surface area contributed by atoms with E-state index in [4.69, 9.17) is 18.0 Å². The Bertz CT molecular complexity index is 905. The first-order valence-corrected chi connectivity index (χ1v) is 9.97. The van der Waals surface area contributed by atoms with Crippen LogP contribution in [0.25, 0.3) is 0 Å². The van der Waals surface area contributed by atoms with E-state index < -0.39 is 11.2 Å². The van der Waals surface area contributed by atoms with E-state index in [0.29, 0.717) is 24.7 Å². The number of nitrogens with zero attached hydrogens (tertiary/aromatic N) is 2. The van der Waals surface area contributed by atoms with Crippen LogP contribution >= 0.6 is 12.2 Å². The quantitative estimate of drug-likeness (QED) is 0.586. The molecular formula is C20H29N5O2S. The van der Waals surface area contributed by atoms with Gasteiger partial charge in [0.15, 0.2) is 10.8 Å². The Kier molecular flexibility index (Phi) is 7.80. The minimum atomic E-state index is -0.525. The average Bonchev–Trinajstić information content (AvgIpc) is 2.66.